The van der Waals surface area contributed by atoms with Crippen molar-refractivity contribution >= 4 is 30.0 Å². The summed E-state index contributed by atoms with van der Waals surface area (Å²) in [6, 6.07) is 10.1. The van der Waals surface area contributed by atoms with Crippen LogP contribution in [0.5, 0.6) is 0 Å². The summed E-state index contributed by atoms with van der Waals surface area (Å²) >= 11 is 5.81. The second-order valence-electron chi connectivity index (χ2n) is 6.23. The number of aliphatic imine (C=N–C) groups is 1. The standard InChI is InChI=1S/C15H21N2O2PS/c1-15(2)11-18-20(21,19-12-15)17(14-9-6-10-16-14)13-7-4-3-5-8-13/h3-5,7-8H,6,9-12H2,1-2H3. The molecule has 0 atom stereocenters. The maximum Gasteiger partial charge on any atom is 0.295 e. The highest BCUT2D eigenvalue weighted by atomic mass is 32.5. The number of rotatable bonds is 2. The van der Waals surface area contributed by atoms with Gasteiger partial charge in [-0.1, -0.05) is 32.0 Å². The van der Waals surface area contributed by atoms with Crippen molar-refractivity contribution < 1.29 is 9.05 Å². The highest BCUT2D eigenvalue weighted by Crippen LogP contribution is 2.59. The molecule has 0 radical (unpaired) electrons. The molecule has 21 heavy (non-hydrogen) atoms. The molecular formula is C15H21N2O2PS. The van der Waals surface area contributed by atoms with Crippen LogP contribution in [0.4, 0.5) is 5.69 Å². The molecule has 0 amide bonds. The minimum Gasteiger partial charge on any atom is -0.313 e. The molecule has 0 spiro atoms. The summed E-state index contributed by atoms with van der Waals surface area (Å²) in [6.45, 7) is 3.84. The zero-order valence-corrected chi connectivity index (χ0v) is 14.2. The van der Waals surface area contributed by atoms with E-state index in [9.17, 15) is 0 Å². The fraction of sp³-hybridized carbons (Fsp3) is 0.533. The summed E-state index contributed by atoms with van der Waals surface area (Å²) in [5.74, 6) is 1.00. The van der Waals surface area contributed by atoms with Gasteiger partial charge in [0, 0.05) is 18.4 Å². The molecule has 0 N–H and O–H groups in total. The van der Waals surface area contributed by atoms with Gasteiger partial charge >= 0.3 is 0 Å². The quantitative estimate of drug-likeness (QED) is 0.771. The van der Waals surface area contributed by atoms with E-state index in [4.69, 9.17) is 20.9 Å². The third kappa shape index (κ3) is 3.21. The molecule has 0 saturated carbocycles. The summed E-state index contributed by atoms with van der Waals surface area (Å²) < 4.78 is 14.2. The third-order valence-electron chi connectivity index (χ3n) is 3.58. The highest BCUT2D eigenvalue weighted by Gasteiger charge is 2.40. The molecule has 1 aromatic rings. The lowest BCUT2D eigenvalue weighted by molar-refractivity contribution is 0.0604. The van der Waals surface area contributed by atoms with Gasteiger partial charge in [0.2, 0.25) is 0 Å². The van der Waals surface area contributed by atoms with Crippen LogP contribution in [-0.2, 0) is 20.9 Å². The molecule has 0 aliphatic carbocycles. The Hall–Kier alpha value is -0.740. The Labute approximate surface area is 131 Å². The summed E-state index contributed by atoms with van der Waals surface area (Å²) in [4.78, 5) is 4.61. The van der Waals surface area contributed by atoms with Gasteiger partial charge in [0.15, 0.2) is 0 Å². The van der Waals surface area contributed by atoms with Gasteiger partial charge in [0.05, 0.1) is 18.9 Å². The number of para-hydroxylation sites is 1. The predicted molar refractivity (Wildman–Crippen MR) is 90.4 cm³/mol. The van der Waals surface area contributed by atoms with Crippen molar-refractivity contribution in [2.45, 2.75) is 26.7 Å². The van der Waals surface area contributed by atoms with Crippen LogP contribution in [0.3, 0.4) is 0 Å². The maximum absolute atomic E-state index is 6.06. The van der Waals surface area contributed by atoms with Crippen molar-refractivity contribution in [1.29, 1.82) is 0 Å². The van der Waals surface area contributed by atoms with Crippen LogP contribution in [0.25, 0.3) is 0 Å². The van der Waals surface area contributed by atoms with Crippen LogP contribution in [0, 0.1) is 5.41 Å². The average molecular weight is 324 g/mol. The minimum atomic E-state index is -2.54. The predicted octanol–water partition coefficient (Wildman–Crippen LogP) is 3.98. The number of benzene rings is 1. The molecule has 114 valence electrons. The van der Waals surface area contributed by atoms with Gasteiger partial charge in [-0.05, 0) is 30.4 Å². The number of hydrogen-bond donors (Lipinski definition) is 0. The Bertz CT molecular complexity index is 575. The molecule has 1 aromatic carbocycles. The van der Waals surface area contributed by atoms with E-state index >= 15 is 0 Å². The Morgan fingerprint density at radius 3 is 2.43 bits per heavy atom. The monoisotopic (exact) mass is 324 g/mol. The van der Waals surface area contributed by atoms with Gasteiger partial charge in [-0.2, -0.15) is 0 Å². The molecule has 2 heterocycles. The molecule has 0 unspecified atom stereocenters. The lowest BCUT2D eigenvalue weighted by atomic mass is 9.97. The van der Waals surface area contributed by atoms with E-state index in [0.29, 0.717) is 13.2 Å². The fourth-order valence-corrected chi connectivity index (χ4v) is 5.48. The first-order valence-electron chi connectivity index (χ1n) is 7.28. The molecule has 2 aliphatic rings. The van der Waals surface area contributed by atoms with Crippen LogP contribution < -0.4 is 4.67 Å². The highest BCUT2D eigenvalue weighted by molar-refractivity contribution is 8.11. The molecule has 0 aromatic heterocycles. The summed E-state index contributed by atoms with van der Waals surface area (Å²) in [7, 11) is 0. The average Bonchev–Trinajstić information content (AvgIpc) is 2.98. The number of nitrogens with zero attached hydrogens (tertiary/aromatic N) is 2. The van der Waals surface area contributed by atoms with E-state index < -0.39 is 6.64 Å². The second kappa shape index (κ2) is 5.81. The van der Waals surface area contributed by atoms with E-state index in [2.05, 4.69) is 18.8 Å². The van der Waals surface area contributed by atoms with Crippen molar-refractivity contribution in [2.24, 2.45) is 10.4 Å². The Morgan fingerprint density at radius 1 is 1.19 bits per heavy atom. The number of anilines is 1. The smallest absolute Gasteiger partial charge is 0.295 e. The first-order chi connectivity index (χ1) is 10.0. The van der Waals surface area contributed by atoms with E-state index in [0.717, 1.165) is 30.9 Å². The van der Waals surface area contributed by atoms with Gasteiger partial charge in [-0.15, -0.1) is 0 Å². The van der Waals surface area contributed by atoms with Crippen molar-refractivity contribution in [2.75, 3.05) is 24.4 Å². The summed E-state index contributed by atoms with van der Waals surface area (Å²) in [5, 5.41) is 0. The van der Waals surface area contributed by atoms with Crippen molar-refractivity contribution in [3.05, 3.63) is 30.3 Å². The molecule has 6 heteroatoms. The second-order valence-corrected chi connectivity index (χ2v) is 9.47. The molecule has 3 rings (SSSR count). The van der Waals surface area contributed by atoms with E-state index in [1.165, 1.54) is 0 Å². The van der Waals surface area contributed by atoms with Gasteiger partial charge < -0.3 is 9.05 Å². The Morgan fingerprint density at radius 2 is 1.86 bits per heavy atom. The van der Waals surface area contributed by atoms with Gasteiger partial charge in [-0.25, -0.2) is 0 Å². The first kappa shape index (κ1) is 15.2. The summed E-state index contributed by atoms with van der Waals surface area (Å²) in [5.41, 5.74) is 1.03. The third-order valence-corrected chi connectivity index (χ3v) is 6.56. The minimum absolute atomic E-state index is 0.0160. The van der Waals surface area contributed by atoms with Gasteiger partial charge in [-0.3, -0.25) is 9.66 Å². The van der Waals surface area contributed by atoms with E-state index in [-0.39, 0.29) is 5.41 Å². The molecule has 1 fully saturated rings. The largest absolute Gasteiger partial charge is 0.313 e. The lowest BCUT2D eigenvalue weighted by Crippen LogP contribution is -2.37. The zero-order valence-electron chi connectivity index (χ0n) is 12.5. The number of hydrogen-bond acceptors (Lipinski definition) is 4. The summed E-state index contributed by atoms with van der Waals surface area (Å²) in [6.07, 6.45) is 2.00. The maximum atomic E-state index is 6.06. The Kier molecular flexibility index (Phi) is 4.19. The SMILES string of the molecule is CC1(C)COP(=S)(N(C2=NCCC2)c2ccccc2)OC1. The topological polar surface area (TPSA) is 34.1 Å². The number of amidine groups is 1. The van der Waals surface area contributed by atoms with Crippen molar-refractivity contribution in [3.8, 4) is 0 Å². The van der Waals surface area contributed by atoms with Crippen LogP contribution >= 0.6 is 6.64 Å². The molecule has 2 aliphatic heterocycles. The van der Waals surface area contributed by atoms with Crippen molar-refractivity contribution in [3.63, 3.8) is 0 Å². The van der Waals surface area contributed by atoms with Crippen molar-refractivity contribution in [1.82, 2.24) is 0 Å². The molecule has 0 bridgehead atoms. The zero-order chi connectivity index (χ0) is 14.9. The fourth-order valence-electron chi connectivity index (χ4n) is 2.41. The lowest BCUT2D eigenvalue weighted by Gasteiger charge is -2.42. The Balaban J connectivity index is 1.94. The van der Waals surface area contributed by atoms with Crippen LogP contribution in [-0.4, -0.2) is 25.6 Å². The van der Waals surface area contributed by atoms with Gasteiger partial charge in [0.25, 0.3) is 6.64 Å². The molecule has 4 nitrogen and oxygen atoms in total. The van der Waals surface area contributed by atoms with Crippen LogP contribution in [0.2, 0.25) is 0 Å². The van der Waals surface area contributed by atoms with Crippen LogP contribution in [0.1, 0.15) is 26.7 Å². The molecular weight excluding hydrogens is 303 g/mol. The normalized spacial score (nSPS) is 23.6. The van der Waals surface area contributed by atoms with E-state index in [1.807, 2.05) is 35.0 Å². The first-order valence-corrected chi connectivity index (χ1v) is 9.87. The van der Waals surface area contributed by atoms with Crippen LogP contribution in [0.15, 0.2) is 35.3 Å². The van der Waals surface area contributed by atoms with E-state index in [1.54, 1.807) is 0 Å². The van der Waals surface area contributed by atoms with Gasteiger partial charge in [0.1, 0.15) is 5.84 Å². The molecule has 1 saturated heterocycles.